The molecule has 0 aromatic carbocycles. The number of imidazole rings is 2. The first-order chi connectivity index (χ1) is 16.6. The van der Waals surface area contributed by atoms with Crippen LogP contribution in [-0.2, 0) is 32.0 Å². The van der Waals surface area contributed by atoms with Crippen molar-refractivity contribution in [2.24, 2.45) is 11.7 Å². The molecule has 4 atom stereocenters. The molecule has 14 nitrogen and oxygen atoms in total. The highest BCUT2D eigenvalue weighted by Crippen LogP contribution is 2.07. The number of H-pyrrole nitrogens is 2. The summed E-state index contributed by atoms with van der Waals surface area (Å²) in [6, 6.07) is -4.73. The van der Waals surface area contributed by atoms with Crippen LogP contribution in [0.5, 0.6) is 0 Å². The number of aliphatic hydroxyl groups is 1. The predicted octanol–water partition coefficient (Wildman–Crippen LogP) is -2.18. The summed E-state index contributed by atoms with van der Waals surface area (Å²) in [6.07, 6.45) is 6.08. The SMILES string of the molecule is CC(C)CC(NC(=O)C(CO)NC(=O)C(N)Cc1cnc[nH]1)C(=O)NC(Cc1cnc[nH]1)C(=O)O. The van der Waals surface area contributed by atoms with Crippen LogP contribution in [0.15, 0.2) is 25.0 Å². The normalized spacial score (nSPS) is 14.5. The molecule has 0 aliphatic carbocycles. The maximum Gasteiger partial charge on any atom is 0.326 e. The standard InChI is InChI=1S/C21H32N8O6/c1-11(2)3-15(19(32)28-16(21(34)35)5-13-7-24-10-26-13)27-20(33)17(8-30)29-18(31)14(22)4-12-6-23-9-25-12/h6-7,9-11,14-17,30H,3-5,8,22H2,1-2H3,(H,23,25)(H,24,26)(H,27,33)(H,28,32)(H,29,31)(H,34,35). The summed E-state index contributed by atoms with van der Waals surface area (Å²) in [6.45, 7) is 2.92. The smallest absolute Gasteiger partial charge is 0.326 e. The largest absolute Gasteiger partial charge is 0.480 e. The number of aromatic nitrogens is 4. The molecule has 2 aromatic rings. The van der Waals surface area contributed by atoms with E-state index in [9.17, 15) is 29.4 Å². The molecule has 4 unspecified atom stereocenters. The molecular formula is C21H32N8O6. The van der Waals surface area contributed by atoms with Crippen LogP contribution in [0.3, 0.4) is 0 Å². The van der Waals surface area contributed by atoms with E-state index in [1.165, 1.54) is 25.0 Å². The fourth-order valence-corrected chi connectivity index (χ4v) is 3.26. The predicted molar refractivity (Wildman–Crippen MR) is 123 cm³/mol. The highest BCUT2D eigenvalue weighted by Gasteiger charge is 2.30. The molecule has 2 heterocycles. The lowest BCUT2D eigenvalue weighted by atomic mass is 10.0. The third-order valence-corrected chi connectivity index (χ3v) is 5.08. The van der Waals surface area contributed by atoms with Gasteiger partial charge in [-0.05, 0) is 12.3 Å². The van der Waals surface area contributed by atoms with Gasteiger partial charge < -0.3 is 41.9 Å². The molecule has 0 saturated carbocycles. The van der Waals surface area contributed by atoms with Crippen molar-refractivity contribution in [3.63, 3.8) is 0 Å². The number of nitrogens with one attached hydrogen (secondary N) is 5. The van der Waals surface area contributed by atoms with E-state index < -0.39 is 54.5 Å². The van der Waals surface area contributed by atoms with Gasteiger partial charge in [-0.25, -0.2) is 14.8 Å². The number of carboxylic acid groups (broad SMARTS) is 1. The average molecular weight is 493 g/mol. The number of carbonyl (C=O) groups excluding carboxylic acids is 3. The molecule has 0 saturated heterocycles. The van der Waals surface area contributed by atoms with Crippen LogP contribution < -0.4 is 21.7 Å². The average Bonchev–Trinajstić information content (AvgIpc) is 3.50. The molecule has 2 aromatic heterocycles. The number of aromatic amines is 2. The fraction of sp³-hybridized carbons (Fsp3) is 0.524. The van der Waals surface area contributed by atoms with E-state index >= 15 is 0 Å². The van der Waals surface area contributed by atoms with E-state index in [2.05, 4.69) is 35.9 Å². The molecule has 14 heteroatoms. The van der Waals surface area contributed by atoms with Crippen molar-refractivity contribution >= 4 is 23.7 Å². The van der Waals surface area contributed by atoms with Crippen molar-refractivity contribution in [3.8, 4) is 0 Å². The summed E-state index contributed by atoms with van der Waals surface area (Å²) in [4.78, 5) is 62.9. The van der Waals surface area contributed by atoms with E-state index in [-0.39, 0.29) is 25.2 Å². The highest BCUT2D eigenvalue weighted by molar-refractivity contribution is 5.94. The van der Waals surface area contributed by atoms with Gasteiger partial charge in [0.1, 0.15) is 18.1 Å². The van der Waals surface area contributed by atoms with Gasteiger partial charge in [0.25, 0.3) is 0 Å². The quantitative estimate of drug-likeness (QED) is 0.143. The van der Waals surface area contributed by atoms with Gasteiger partial charge in [-0.1, -0.05) is 13.8 Å². The summed E-state index contributed by atoms with van der Waals surface area (Å²) in [5.41, 5.74) is 7.00. The molecule has 3 amide bonds. The molecule has 0 aliphatic rings. The first-order valence-corrected chi connectivity index (χ1v) is 11.1. The maximum atomic E-state index is 12.9. The Hall–Kier alpha value is -3.78. The van der Waals surface area contributed by atoms with E-state index in [0.717, 1.165) is 0 Å². The maximum absolute atomic E-state index is 12.9. The van der Waals surface area contributed by atoms with Crippen molar-refractivity contribution in [3.05, 3.63) is 36.4 Å². The van der Waals surface area contributed by atoms with Gasteiger partial charge in [-0.3, -0.25) is 14.4 Å². The number of carboxylic acids is 1. The van der Waals surface area contributed by atoms with Gasteiger partial charge in [-0.15, -0.1) is 0 Å². The van der Waals surface area contributed by atoms with Crippen LogP contribution in [-0.4, -0.2) is 84.6 Å². The lowest BCUT2D eigenvalue weighted by Gasteiger charge is -2.25. The Bertz CT molecular complexity index is 963. The minimum absolute atomic E-state index is 0.0348. The third kappa shape index (κ3) is 8.83. The fourth-order valence-electron chi connectivity index (χ4n) is 3.26. The van der Waals surface area contributed by atoms with Gasteiger partial charge >= 0.3 is 5.97 Å². The Labute approximate surface area is 201 Å². The summed E-state index contributed by atoms with van der Waals surface area (Å²) >= 11 is 0. The molecule has 9 N–H and O–H groups in total. The zero-order valence-electron chi connectivity index (χ0n) is 19.5. The summed E-state index contributed by atoms with van der Waals surface area (Å²) in [5.74, 6) is -3.49. The summed E-state index contributed by atoms with van der Waals surface area (Å²) in [7, 11) is 0. The highest BCUT2D eigenvalue weighted by atomic mass is 16.4. The molecule has 0 bridgehead atoms. The number of rotatable bonds is 14. The van der Waals surface area contributed by atoms with E-state index in [1.807, 2.05) is 13.8 Å². The van der Waals surface area contributed by atoms with Crippen molar-refractivity contribution in [1.29, 1.82) is 0 Å². The van der Waals surface area contributed by atoms with Crippen LogP contribution in [0, 0.1) is 5.92 Å². The molecular weight excluding hydrogens is 460 g/mol. The zero-order valence-corrected chi connectivity index (χ0v) is 19.5. The molecule has 0 fully saturated rings. The second-order valence-corrected chi connectivity index (χ2v) is 8.50. The number of nitrogens with zero attached hydrogens (tertiary/aromatic N) is 2. The number of nitrogens with two attached hydrogens (primary N) is 1. The number of amides is 3. The number of aliphatic carboxylic acids is 1. The number of hydrogen-bond acceptors (Lipinski definition) is 8. The second-order valence-electron chi connectivity index (χ2n) is 8.50. The minimum Gasteiger partial charge on any atom is -0.480 e. The molecule has 2 rings (SSSR count). The van der Waals surface area contributed by atoms with Gasteiger partial charge in [0.2, 0.25) is 17.7 Å². The number of hydrogen-bond donors (Lipinski definition) is 8. The van der Waals surface area contributed by atoms with Crippen LogP contribution in [0.1, 0.15) is 31.7 Å². The Morgan fingerprint density at radius 1 is 0.886 bits per heavy atom. The van der Waals surface area contributed by atoms with Gasteiger partial charge in [-0.2, -0.15) is 0 Å². The topological polar surface area (TPSA) is 228 Å². The van der Waals surface area contributed by atoms with Crippen molar-refractivity contribution in [2.45, 2.75) is 57.3 Å². The lowest BCUT2D eigenvalue weighted by Crippen LogP contribution is -2.58. The van der Waals surface area contributed by atoms with Gasteiger partial charge in [0.15, 0.2) is 0 Å². The van der Waals surface area contributed by atoms with Crippen LogP contribution in [0.4, 0.5) is 0 Å². The van der Waals surface area contributed by atoms with Crippen LogP contribution in [0.2, 0.25) is 0 Å². The first-order valence-electron chi connectivity index (χ1n) is 11.1. The summed E-state index contributed by atoms with van der Waals surface area (Å²) in [5, 5.41) is 26.5. The number of aliphatic hydroxyl groups excluding tert-OH is 1. The first kappa shape index (κ1) is 27.5. The van der Waals surface area contributed by atoms with E-state index in [0.29, 0.717) is 11.4 Å². The summed E-state index contributed by atoms with van der Waals surface area (Å²) < 4.78 is 0. The third-order valence-electron chi connectivity index (χ3n) is 5.08. The molecule has 0 aliphatic heterocycles. The molecule has 0 spiro atoms. The lowest BCUT2D eigenvalue weighted by molar-refractivity contribution is -0.142. The van der Waals surface area contributed by atoms with Gasteiger partial charge in [0.05, 0.1) is 25.3 Å². The Kier molecular flexibility index (Phi) is 10.4. The van der Waals surface area contributed by atoms with Crippen LogP contribution in [0.25, 0.3) is 0 Å². The van der Waals surface area contributed by atoms with Crippen molar-refractivity contribution in [1.82, 2.24) is 35.9 Å². The zero-order chi connectivity index (χ0) is 26.0. The Morgan fingerprint density at radius 2 is 1.40 bits per heavy atom. The number of carbonyl (C=O) groups is 4. The van der Waals surface area contributed by atoms with Crippen LogP contribution >= 0.6 is 0 Å². The molecule has 0 radical (unpaired) electrons. The second kappa shape index (κ2) is 13.2. The Morgan fingerprint density at radius 3 is 1.89 bits per heavy atom. The van der Waals surface area contributed by atoms with Gasteiger partial charge in [0, 0.05) is 36.6 Å². The van der Waals surface area contributed by atoms with E-state index in [1.54, 1.807) is 0 Å². The van der Waals surface area contributed by atoms with Crippen molar-refractivity contribution in [2.75, 3.05) is 6.61 Å². The Balaban J connectivity index is 2.02. The monoisotopic (exact) mass is 492 g/mol. The molecule has 192 valence electrons. The molecule has 35 heavy (non-hydrogen) atoms. The van der Waals surface area contributed by atoms with Crippen molar-refractivity contribution < 1.29 is 29.4 Å². The minimum atomic E-state index is -1.36. The van der Waals surface area contributed by atoms with E-state index in [4.69, 9.17) is 5.73 Å².